The molecule has 2 aromatic rings. The fourth-order valence-corrected chi connectivity index (χ4v) is 2.79. The molecule has 1 aliphatic rings. The van der Waals surface area contributed by atoms with Gasteiger partial charge in [-0.3, -0.25) is 14.9 Å². The van der Waals surface area contributed by atoms with Crippen molar-refractivity contribution in [3.63, 3.8) is 0 Å². The average Bonchev–Trinajstić information content (AvgIpc) is 2.65. The molecular formula is C17H15ClN2O5. The molecule has 25 heavy (non-hydrogen) atoms. The zero-order chi connectivity index (χ0) is 17.8. The molecule has 0 aromatic heterocycles. The first kappa shape index (κ1) is 17.2. The number of nitrogens with one attached hydrogen (secondary N) is 1. The van der Waals surface area contributed by atoms with Gasteiger partial charge in [-0.2, -0.15) is 0 Å². The Morgan fingerprint density at radius 2 is 2.08 bits per heavy atom. The molecule has 0 fully saturated rings. The van der Waals surface area contributed by atoms with E-state index in [-0.39, 0.29) is 31.5 Å². The number of carbonyl (C=O) groups excluding carboxylic acids is 1. The summed E-state index contributed by atoms with van der Waals surface area (Å²) in [6.45, 7) is 0.354. The summed E-state index contributed by atoms with van der Waals surface area (Å²) < 4.78 is 10.6. The van der Waals surface area contributed by atoms with E-state index in [0.717, 1.165) is 0 Å². The molecule has 130 valence electrons. The van der Waals surface area contributed by atoms with Gasteiger partial charge in [-0.15, -0.1) is 11.6 Å². The first-order valence-corrected chi connectivity index (χ1v) is 7.97. The van der Waals surface area contributed by atoms with Crippen molar-refractivity contribution in [1.29, 1.82) is 0 Å². The van der Waals surface area contributed by atoms with Crippen LogP contribution in [0.2, 0.25) is 0 Å². The minimum absolute atomic E-state index is 0.0634. The second-order valence-corrected chi connectivity index (χ2v) is 5.89. The zero-order valence-electron chi connectivity index (χ0n) is 13.1. The van der Waals surface area contributed by atoms with Crippen molar-refractivity contribution in [1.82, 2.24) is 5.32 Å². The van der Waals surface area contributed by atoms with Crippen LogP contribution in [0.15, 0.2) is 42.5 Å². The fourth-order valence-electron chi connectivity index (χ4n) is 2.56. The minimum atomic E-state index is -0.847. The monoisotopic (exact) mass is 362 g/mol. The number of carbonyl (C=O) groups is 1. The summed E-state index contributed by atoms with van der Waals surface area (Å²) in [7, 11) is 0. The van der Waals surface area contributed by atoms with Crippen molar-refractivity contribution in [2.45, 2.75) is 18.5 Å². The molecule has 1 atom stereocenters. The number of nitro benzene ring substituents is 1. The Morgan fingerprint density at radius 1 is 1.32 bits per heavy atom. The Hall–Kier alpha value is -2.64. The fraction of sp³-hybridized carbons (Fsp3) is 0.235. The molecule has 1 unspecified atom stereocenters. The number of nitro groups is 1. The molecule has 3 rings (SSSR count). The SMILES string of the molecule is O=C(NCc1cc([N+](=O)[O-])cc2c1OCOC2)C(Cl)c1ccccc1. The van der Waals surface area contributed by atoms with Crippen LogP contribution in [0.4, 0.5) is 5.69 Å². The molecule has 0 bridgehead atoms. The molecule has 1 heterocycles. The van der Waals surface area contributed by atoms with Crippen molar-refractivity contribution >= 4 is 23.2 Å². The van der Waals surface area contributed by atoms with E-state index in [1.165, 1.54) is 12.1 Å². The lowest BCUT2D eigenvalue weighted by molar-refractivity contribution is -0.385. The number of rotatable bonds is 5. The number of alkyl halides is 1. The summed E-state index contributed by atoms with van der Waals surface area (Å²) in [5.41, 5.74) is 1.68. The Balaban J connectivity index is 1.77. The Bertz CT molecular complexity index is 797. The number of hydrogen-bond donors (Lipinski definition) is 1. The van der Waals surface area contributed by atoms with Crippen LogP contribution >= 0.6 is 11.6 Å². The number of fused-ring (bicyclic) bond motifs is 1. The standard InChI is InChI=1S/C17H15ClN2O5/c18-15(11-4-2-1-3-5-11)17(21)19-8-12-6-14(20(22)23)7-13-9-24-10-25-16(12)13/h1-7,15H,8-10H2,(H,19,21). The largest absolute Gasteiger partial charge is 0.467 e. The third-order valence-electron chi connectivity index (χ3n) is 3.76. The summed E-state index contributed by atoms with van der Waals surface area (Å²) in [6.07, 6.45) is 0. The summed E-state index contributed by atoms with van der Waals surface area (Å²) in [5, 5.41) is 12.9. The molecule has 2 aromatic carbocycles. The average molecular weight is 363 g/mol. The van der Waals surface area contributed by atoms with Gasteiger partial charge in [0.15, 0.2) is 6.79 Å². The van der Waals surface area contributed by atoms with Gasteiger partial charge in [0.2, 0.25) is 5.91 Å². The van der Waals surface area contributed by atoms with Gasteiger partial charge in [0, 0.05) is 29.8 Å². The zero-order valence-corrected chi connectivity index (χ0v) is 13.9. The quantitative estimate of drug-likeness (QED) is 0.501. The molecule has 1 amide bonds. The van der Waals surface area contributed by atoms with E-state index in [2.05, 4.69) is 5.32 Å². The minimum Gasteiger partial charge on any atom is -0.467 e. The molecular weight excluding hydrogens is 348 g/mol. The van der Waals surface area contributed by atoms with Gasteiger partial charge in [-0.1, -0.05) is 30.3 Å². The van der Waals surface area contributed by atoms with E-state index < -0.39 is 10.3 Å². The Kier molecular flexibility index (Phi) is 5.16. The van der Waals surface area contributed by atoms with Crippen LogP contribution in [0.5, 0.6) is 5.75 Å². The highest BCUT2D eigenvalue weighted by Crippen LogP contribution is 2.32. The maximum absolute atomic E-state index is 12.3. The van der Waals surface area contributed by atoms with E-state index >= 15 is 0 Å². The predicted molar refractivity (Wildman–Crippen MR) is 90.3 cm³/mol. The highest BCUT2D eigenvalue weighted by molar-refractivity contribution is 6.30. The van der Waals surface area contributed by atoms with Crippen LogP contribution in [-0.2, 0) is 22.7 Å². The van der Waals surface area contributed by atoms with Crippen LogP contribution in [0.1, 0.15) is 22.1 Å². The maximum atomic E-state index is 12.3. The van der Waals surface area contributed by atoms with Crippen molar-refractivity contribution in [2.24, 2.45) is 0 Å². The molecule has 7 nitrogen and oxygen atoms in total. The van der Waals surface area contributed by atoms with Crippen molar-refractivity contribution in [2.75, 3.05) is 6.79 Å². The molecule has 1 aliphatic heterocycles. The molecule has 8 heteroatoms. The summed E-state index contributed by atoms with van der Waals surface area (Å²) >= 11 is 6.18. The molecule has 0 radical (unpaired) electrons. The number of non-ortho nitro benzene ring substituents is 1. The molecule has 0 saturated heterocycles. The number of nitrogens with zero attached hydrogens (tertiary/aromatic N) is 1. The second-order valence-electron chi connectivity index (χ2n) is 5.45. The van der Waals surface area contributed by atoms with Crippen molar-refractivity contribution < 1.29 is 19.2 Å². The number of halogens is 1. The molecule has 1 N–H and O–H groups in total. The Labute approximate surface area is 148 Å². The third-order valence-corrected chi connectivity index (χ3v) is 4.21. The van der Waals surface area contributed by atoms with Crippen LogP contribution in [-0.4, -0.2) is 17.6 Å². The number of amides is 1. The van der Waals surface area contributed by atoms with Crippen LogP contribution < -0.4 is 10.1 Å². The number of hydrogen-bond acceptors (Lipinski definition) is 5. The highest BCUT2D eigenvalue weighted by atomic mass is 35.5. The van der Waals surface area contributed by atoms with Gasteiger partial charge in [-0.25, -0.2) is 0 Å². The van der Waals surface area contributed by atoms with Crippen LogP contribution in [0, 0.1) is 10.1 Å². The lowest BCUT2D eigenvalue weighted by Crippen LogP contribution is -2.27. The molecule has 0 aliphatic carbocycles. The first-order valence-electron chi connectivity index (χ1n) is 7.53. The second kappa shape index (κ2) is 7.50. The van der Waals surface area contributed by atoms with Gasteiger partial charge >= 0.3 is 0 Å². The molecule has 0 spiro atoms. The third kappa shape index (κ3) is 3.89. The van der Waals surface area contributed by atoms with Crippen molar-refractivity contribution in [3.8, 4) is 5.75 Å². The summed E-state index contributed by atoms with van der Waals surface area (Å²) in [6, 6.07) is 11.7. The van der Waals surface area contributed by atoms with Gasteiger partial charge in [0.1, 0.15) is 11.1 Å². The predicted octanol–water partition coefficient (Wildman–Crippen LogP) is 3.06. The van der Waals surface area contributed by atoms with E-state index in [1.54, 1.807) is 24.3 Å². The van der Waals surface area contributed by atoms with E-state index in [9.17, 15) is 14.9 Å². The Morgan fingerprint density at radius 3 is 2.80 bits per heavy atom. The van der Waals surface area contributed by atoms with Crippen molar-refractivity contribution in [3.05, 3.63) is 69.3 Å². The van der Waals surface area contributed by atoms with E-state index in [4.69, 9.17) is 21.1 Å². The highest BCUT2D eigenvalue weighted by Gasteiger charge is 2.22. The number of ether oxygens (including phenoxy) is 2. The normalized spacial score (nSPS) is 14.1. The first-order chi connectivity index (χ1) is 12.1. The topological polar surface area (TPSA) is 90.7 Å². The smallest absolute Gasteiger partial charge is 0.270 e. The van der Waals surface area contributed by atoms with Crippen LogP contribution in [0.25, 0.3) is 0 Å². The van der Waals surface area contributed by atoms with Gasteiger partial charge in [0.25, 0.3) is 5.69 Å². The van der Waals surface area contributed by atoms with Gasteiger partial charge in [-0.05, 0) is 5.56 Å². The van der Waals surface area contributed by atoms with Crippen LogP contribution in [0.3, 0.4) is 0 Å². The van der Waals surface area contributed by atoms with E-state index in [1.807, 2.05) is 6.07 Å². The van der Waals surface area contributed by atoms with Gasteiger partial charge in [0.05, 0.1) is 11.5 Å². The number of benzene rings is 2. The van der Waals surface area contributed by atoms with E-state index in [0.29, 0.717) is 22.4 Å². The summed E-state index contributed by atoms with van der Waals surface area (Å²) in [4.78, 5) is 22.9. The van der Waals surface area contributed by atoms with Gasteiger partial charge < -0.3 is 14.8 Å². The lowest BCUT2D eigenvalue weighted by Gasteiger charge is -2.21. The maximum Gasteiger partial charge on any atom is 0.270 e. The summed E-state index contributed by atoms with van der Waals surface area (Å²) in [5.74, 6) is 0.114. The lowest BCUT2D eigenvalue weighted by atomic mass is 10.1. The molecule has 0 saturated carbocycles.